The van der Waals surface area contributed by atoms with Crippen LogP contribution in [0.2, 0.25) is 0 Å². The second-order valence-electron chi connectivity index (χ2n) is 5.60. The molecule has 2 aromatic rings. The van der Waals surface area contributed by atoms with Crippen molar-refractivity contribution in [3.05, 3.63) is 54.3 Å². The van der Waals surface area contributed by atoms with E-state index in [0.29, 0.717) is 23.7 Å². The highest BCUT2D eigenvalue weighted by molar-refractivity contribution is 6.03. The van der Waals surface area contributed by atoms with Crippen LogP contribution in [0.1, 0.15) is 6.42 Å². The van der Waals surface area contributed by atoms with E-state index < -0.39 is 5.92 Å². The molecule has 1 N–H and O–H groups in total. The number of ether oxygens (including phenoxy) is 1. The van der Waals surface area contributed by atoms with Gasteiger partial charge in [0.1, 0.15) is 11.6 Å². The van der Waals surface area contributed by atoms with Gasteiger partial charge in [0.25, 0.3) is 0 Å². The molecule has 6 heteroatoms. The lowest BCUT2D eigenvalue weighted by Gasteiger charge is -2.17. The number of anilines is 2. The monoisotopic (exact) mass is 328 g/mol. The van der Waals surface area contributed by atoms with Gasteiger partial charge in [-0.3, -0.25) is 9.59 Å². The second-order valence-corrected chi connectivity index (χ2v) is 5.60. The number of amides is 2. The standard InChI is InChI=1S/C18H17FN2O3/c1-24-16-4-2-3-15(10-16)21-11-12(9-17(21)22)18(23)20-14-7-5-13(19)6-8-14/h2-8,10,12H,9,11H2,1H3,(H,20,23)/t12-/m0/s1. The molecular formula is C18H17FN2O3. The Morgan fingerprint density at radius 3 is 2.71 bits per heavy atom. The average molecular weight is 328 g/mol. The summed E-state index contributed by atoms with van der Waals surface area (Å²) in [5.74, 6) is -0.524. The highest BCUT2D eigenvalue weighted by Crippen LogP contribution is 2.28. The van der Waals surface area contributed by atoms with E-state index in [1.165, 1.54) is 24.3 Å². The highest BCUT2D eigenvalue weighted by atomic mass is 19.1. The van der Waals surface area contributed by atoms with Crippen molar-refractivity contribution in [3.8, 4) is 5.75 Å². The van der Waals surface area contributed by atoms with Crippen molar-refractivity contribution in [1.29, 1.82) is 0 Å². The van der Waals surface area contributed by atoms with Crippen LogP contribution in [0.25, 0.3) is 0 Å². The lowest BCUT2D eigenvalue weighted by atomic mass is 10.1. The molecule has 0 saturated carbocycles. The summed E-state index contributed by atoms with van der Waals surface area (Å²) < 4.78 is 18.1. The fourth-order valence-corrected chi connectivity index (χ4v) is 2.69. The summed E-state index contributed by atoms with van der Waals surface area (Å²) >= 11 is 0. The summed E-state index contributed by atoms with van der Waals surface area (Å²) in [6.45, 7) is 0.305. The van der Waals surface area contributed by atoms with Crippen LogP contribution < -0.4 is 15.0 Å². The predicted molar refractivity (Wildman–Crippen MR) is 88.5 cm³/mol. The molecule has 5 nitrogen and oxygen atoms in total. The lowest BCUT2D eigenvalue weighted by Crippen LogP contribution is -2.28. The van der Waals surface area contributed by atoms with Gasteiger partial charge in [-0.2, -0.15) is 0 Å². The second kappa shape index (κ2) is 6.70. The number of rotatable bonds is 4. The predicted octanol–water partition coefficient (Wildman–Crippen LogP) is 2.83. The van der Waals surface area contributed by atoms with Gasteiger partial charge in [0.05, 0.1) is 13.0 Å². The summed E-state index contributed by atoms with van der Waals surface area (Å²) in [4.78, 5) is 26.2. The Kier molecular flexibility index (Phi) is 4.46. The first-order chi connectivity index (χ1) is 11.6. The molecule has 24 heavy (non-hydrogen) atoms. The summed E-state index contributed by atoms with van der Waals surface area (Å²) in [5, 5.41) is 2.72. The quantitative estimate of drug-likeness (QED) is 0.939. The number of nitrogens with zero attached hydrogens (tertiary/aromatic N) is 1. The smallest absolute Gasteiger partial charge is 0.229 e. The fraction of sp³-hybridized carbons (Fsp3) is 0.222. The maximum Gasteiger partial charge on any atom is 0.229 e. The molecule has 0 bridgehead atoms. The first-order valence-corrected chi connectivity index (χ1v) is 7.57. The molecule has 0 unspecified atom stereocenters. The summed E-state index contributed by atoms with van der Waals surface area (Å²) in [6.07, 6.45) is 0.143. The molecule has 1 heterocycles. The molecule has 1 aliphatic heterocycles. The van der Waals surface area contributed by atoms with Crippen molar-refractivity contribution in [2.75, 3.05) is 23.9 Å². The Bertz CT molecular complexity index is 761. The molecule has 0 spiro atoms. The van der Waals surface area contributed by atoms with Crippen molar-refractivity contribution in [1.82, 2.24) is 0 Å². The number of hydrogen-bond acceptors (Lipinski definition) is 3. The van der Waals surface area contributed by atoms with Gasteiger partial charge in [0.2, 0.25) is 11.8 Å². The molecule has 1 saturated heterocycles. The van der Waals surface area contributed by atoms with Crippen LogP contribution in [0.15, 0.2) is 48.5 Å². The largest absolute Gasteiger partial charge is 0.497 e. The van der Waals surface area contributed by atoms with Crippen LogP contribution in [0.4, 0.5) is 15.8 Å². The Morgan fingerprint density at radius 2 is 2.00 bits per heavy atom. The zero-order valence-electron chi connectivity index (χ0n) is 13.2. The molecule has 1 fully saturated rings. The maximum atomic E-state index is 12.9. The number of benzene rings is 2. The lowest BCUT2D eigenvalue weighted by molar-refractivity contribution is -0.122. The highest BCUT2D eigenvalue weighted by Gasteiger charge is 2.35. The minimum Gasteiger partial charge on any atom is -0.497 e. The van der Waals surface area contributed by atoms with Gasteiger partial charge >= 0.3 is 0 Å². The third-order valence-electron chi connectivity index (χ3n) is 3.97. The van der Waals surface area contributed by atoms with Gasteiger partial charge < -0.3 is 15.0 Å². The molecule has 0 aliphatic carbocycles. The van der Waals surface area contributed by atoms with Crippen molar-refractivity contribution in [2.45, 2.75) is 6.42 Å². The van der Waals surface area contributed by atoms with Gasteiger partial charge in [-0.05, 0) is 36.4 Å². The molecule has 0 radical (unpaired) electrons. The number of halogens is 1. The zero-order chi connectivity index (χ0) is 17.1. The number of nitrogens with one attached hydrogen (secondary N) is 1. The minimum atomic E-state index is -0.450. The first-order valence-electron chi connectivity index (χ1n) is 7.57. The molecule has 2 aromatic carbocycles. The van der Waals surface area contributed by atoms with Crippen LogP contribution in [-0.4, -0.2) is 25.5 Å². The van der Waals surface area contributed by atoms with E-state index in [1.807, 2.05) is 0 Å². The van der Waals surface area contributed by atoms with Crippen molar-refractivity contribution < 1.29 is 18.7 Å². The Balaban J connectivity index is 1.69. The molecule has 124 valence electrons. The van der Waals surface area contributed by atoms with Crippen LogP contribution in [0.5, 0.6) is 5.75 Å². The Labute approximate surface area is 139 Å². The summed E-state index contributed by atoms with van der Waals surface area (Å²) in [5.41, 5.74) is 1.21. The van der Waals surface area contributed by atoms with Gasteiger partial charge in [0, 0.05) is 30.4 Å². The Hall–Kier alpha value is -2.89. The number of carbonyl (C=O) groups is 2. The van der Waals surface area contributed by atoms with E-state index in [9.17, 15) is 14.0 Å². The summed E-state index contributed by atoms with van der Waals surface area (Å²) in [6, 6.07) is 12.7. The molecule has 3 rings (SSSR count). The third kappa shape index (κ3) is 3.37. The minimum absolute atomic E-state index is 0.109. The molecule has 1 aliphatic rings. The Morgan fingerprint density at radius 1 is 1.25 bits per heavy atom. The average Bonchev–Trinajstić information content (AvgIpc) is 2.99. The topological polar surface area (TPSA) is 58.6 Å². The van der Waals surface area contributed by atoms with Crippen molar-refractivity contribution >= 4 is 23.2 Å². The number of carbonyl (C=O) groups excluding carboxylic acids is 2. The number of hydrogen-bond donors (Lipinski definition) is 1. The van der Waals surface area contributed by atoms with E-state index in [4.69, 9.17) is 4.74 Å². The van der Waals surface area contributed by atoms with Gasteiger partial charge in [-0.25, -0.2) is 4.39 Å². The number of methoxy groups -OCH3 is 1. The van der Waals surface area contributed by atoms with Crippen molar-refractivity contribution in [3.63, 3.8) is 0 Å². The van der Waals surface area contributed by atoms with Crippen molar-refractivity contribution in [2.24, 2.45) is 5.92 Å². The van der Waals surface area contributed by atoms with E-state index in [-0.39, 0.29) is 24.1 Å². The van der Waals surface area contributed by atoms with Crippen LogP contribution in [-0.2, 0) is 9.59 Å². The molecule has 2 amide bonds. The van der Waals surface area contributed by atoms with E-state index >= 15 is 0 Å². The van der Waals surface area contributed by atoms with E-state index in [1.54, 1.807) is 36.3 Å². The molecule has 0 aromatic heterocycles. The molecule has 1 atom stereocenters. The van der Waals surface area contributed by atoms with Crippen LogP contribution in [0.3, 0.4) is 0 Å². The van der Waals surface area contributed by atoms with Gasteiger partial charge in [0.15, 0.2) is 0 Å². The van der Waals surface area contributed by atoms with E-state index in [0.717, 1.165) is 0 Å². The normalized spacial score (nSPS) is 17.0. The van der Waals surface area contributed by atoms with Crippen LogP contribution >= 0.6 is 0 Å². The van der Waals surface area contributed by atoms with E-state index in [2.05, 4.69) is 5.32 Å². The van der Waals surface area contributed by atoms with Gasteiger partial charge in [-0.15, -0.1) is 0 Å². The fourth-order valence-electron chi connectivity index (χ4n) is 2.69. The summed E-state index contributed by atoms with van der Waals surface area (Å²) in [7, 11) is 1.56. The zero-order valence-corrected chi connectivity index (χ0v) is 13.2. The first kappa shape index (κ1) is 16.0. The molecular weight excluding hydrogens is 311 g/mol. The third-order valence-corrected chi connectivity index (χ3v) is 3.97. The SMILES string of the molecule is COc1cccc(N2C[C@@H](C(=O)Nc3ccc(F)cc3)CC2=O)c1. The van der Waals surface area contributed by atoms with Gasteiger partial charge in [-0.1, -0.05) is 6.07 Å². The van der Waals surface area contributed by atoms with Crippen LogP contribution in [0, 0.1) is 11.7 Å². The maximum absolute atomic E-state index is 12.9.